The van der Waals surface area contributed by atoms with Crippen LogP contribution in [0.3, 0.4) is 0 Å². The number of hydrogen-bond donors (Lipinski definition) is 2. The number of amides is 1. The van der Waals surface area contributed by atoms with Crippen LogP contribution in [0.1, 0.15) is 29.7 Å². The number of nitrogens with one attached hydrogen (secondary N) is 2. The van der Waals surface area contributed by atoms with Crippen molar-refractivity contribution in [1.29, 1.82) is 0 Å². The Morgan fingerprint density at radius 3 is 3.00 bits per heavy atom. The lowest BCUT2D eigenvalue weighted by Gasteiger charge is -2.09. The Bertz CT molecular complexity index is 956. The van der Waals surface area contributed by atoms with Crippen LogP contribution in [0.25, 0.3) is 10.9 Å². The SMILES string of the molecule is CC1CC1n1cccc(NC(=O)c2ccc3[nH]ncc3c2)c1=O. The second-order valence-corrected chi connectivity index (χ2v) is 6.04. The van der Waals surface area contributed by atoms with Crippen molar-refractivity contribution >= 4 is 22.5 Å². The van der Waals surface area contributed by atoms with E-state index in [1.54, 1.807) is 47.3 Å². The molecule has 116 valence electrons. The largest absolute Gasteiger partial charge is 0.317 e. The van der Waals surface area contributed by atoms with Gasteiger partial charge in [-0.15, -0.1) is 0 Å². The standard InChI is InChI=1S/C17H16N4O2/c1-10-7-15(10)21-6-2-3-14(17(21)23)19-16(22)11-4-5-13-12(8-11)9-18-20-13/h2-6,8-10,15H,7H2,1H3,(H,18,20)(H,19,22). The molecule has 2 atom stereocenters. The molecule has 0 aliphatic heterocycles. The van der Waals surface area contributed by atoms with Gasteiger partial charge in [-0.05, 0) is 42.7 Å². The summed E-state index contributed by atoms with van der Waals surface area (Å²) in [5.41, 5.74) is 1.52. The monoisotopic (exact) mass is 308 g/mol. The van der Waals surface area contributed by atoms with Crippen molar-refractivity contribution < 1.29 is 4.79 Å². The predicted octanol–water partition coefficient (Wildman–Crippen LogP) is 2.56. The molecular weight excluding hydrogens is 292 g/mol. The van der Waals surface area contributed by atoms with E-state index in [-0.39, 0.29) is 17.5 Å². The number of rotatable bonds is 3. The van der Waals surface area contributed by atoms with E-state index in [0.717, 1.165) is 17.3 Å². The summed E-state index contributed by atoms with van der Waals surface area (Å²) >= 11 is 0. The highest BCUT2D eigenvalue weighted by molar-refractivity contribution is 6.06. The predicted molar refractivity (Wildman–Crippen MR) is 87.6 cm³/mol. The van der Waals surface area contributed by atoms with E-state index in [9.17, 15) is 9.59 Å². The van der Waals surface area contributed by atoms with Crippen LogP contribution in [0.5, 0.6) is 0 Å². The fourth-order valence-electron chi connectivity index (χ4n) is 2.83. The number of benzene rings is 1. The van der Waals surface area contributed by atoms with Crippen molar-refractivity contribution in [3.8, 4) is 0 Å². The van der Waals surface area contributed by atoms with Gasteiger partial charge in [-0.2, -0.15) is 5.10 Å². The number of aromatic amines is 1. The highest BCUT2D eigenvalue weighted by Crippen LogP contribution is 2.41. The summed E-state index contributed by atoms with van der Waals surface area (Å²) in [6, 6.07) is 8.94. The maximum absolute atomic E-state index is 12.5. The van der Waals surface area contributed by atoms with Crippen molar-refractivity contribution in [2.24, 2.45) is 5.92 Å². The molecule has 0 bridgehead atoms. The number of pyridine rings is 1. The molecule has 2 heterocycles. The molecular formula is C17H16N4O2. The first-order valence-corrected chi connectivity index (χ1v) is 7.59. The van der Waals surface area contributed by atoms with E-state index < -0.39 is 0 Å². The first kappa shape index (κ1) is 13.8. The van der Waals surface area contributed by atoms with Crippen molar-refractivity contribution in [3.05, 3.63) is 58.6 Å². The van der Waals surface area contributed by atoms with Gasteiger partial charge in [-0.1, -0.05) is 6.92 Å². The lowest BCUT2D eigenvalue weighted by atomic mass is 10.1. The van der Waals surface area contributed by atoms with E-state index in [2.05, 4.69) is 22.4 Å². The number of H-pyrrole nitrogens is 1. The van der Waals surface area contributed by atoms with E-state index in [1.807, 2.05) is 0 Å². The van der Waals surface area contributed by atoms with Crippen LogP contribution in [-0.4, -0.2) is 20.7 Å². The molecule has 6 heteroatoms. The minimum Gasteiger partial charge on any atom is -0.317 e. The second kappa shape index (κ2) is 5.08. The molecule has 3 aromatic rings. The zero-order valence-corrected chi connectivity index (χ0v) is 12.6. The van der Waals surface area contributed by atoms with Crippen LogP contribution >= 0.6 is 0 Å². The highest BCUT2D eigenvalue weighted by Gasteiger charge is 2.35. The second-order valence-electron chi connectivity index (χ2n) is 6.04. The molecule has 1 amide bonds. The average Bonchev–Trinajstić information content (AvgIpc) is 3.09. The molecule has 6 nitrogen and oxygen atoms in total. The lowest BCUT2D eigenvalue weighted by Crippen LogP contribution is -2.25. The summed E-state index contributed by atoms with van der Waals surface area (Å²) < 4.78 is 1.71. The maximum atomic E-state index is 12.5. The fourth-order valence-corrected chi connectivity index (χ4v) is 2.83. The van der Waals surface area contributed by atoms with Gasteiger partial charge < -0.3 is 9.88 Å². The number of anilines is 1. The zero-order valence-electron chi connectivity index (χ0n) is 12.6. The molecule has 1 fully saturated rings. The number of nitrogens with zero attached hydrogens (tertiary/aromatic N) is 2. The van der Waals surface area contributed by atoms with Crippen molar-refractivity contribution in [3.63, 3.8) is 0 Å². The van der Waals surface area contributed by atoms with E-state index in [0.29, 0.717) is 17.2 Å². The van der Waals surface area contributed by atoms with Crippen molar-refractivity contribution in [2.45, 2.75) is 19.4 Å². The van der Waals surface area contributed by atoms with Gasteiger partial charge >= 0.3 is 0 Å². The third-order valence-electron chi connectivity index (χ3n) is 4.35. The Kier molecular flexibility index (Phi) is 3.04. The lowest BCUT2D eigenvalue weighted by molar-refractivity contribution is 0.102. The van der Waals surface area contributed by atoms with Crippen LogP contribution in [-0.2, 0) is 0 Å². The average molecular weight is 308 g/mol. The van der Waals surface area contributed by atoms with Crippen molar-refractivity contribution in [1.82, 2.24) is 14.8 Å². The summed E-state index contributed by atoms with van der Waals surface area (Å²) in [6.45, 7) is 2.11. The zero-order chi connectivity index (χ0) is 16.0. The summed E-state index contributed by atoms with van der Waals surface area (Å²) in [7, 11) is 0. The van der Waals surface area contributed by atoms with E-state index in [4.69, 9.17) is 0 Å². The number of carbonyl (C=O) groups excluding carboxylic acids is 1. The Morgan fingerprint density at radius 1 is 1.39 bits per heavy atom. The van der Waals surface area contributed by atoms with Gasteiger partial charge in [0.05, 0.1) is 11.7 Å². The van der Waals surface area contributed by atoms with Gasteiger partial charge in [0.25, 0.3) is 11.5 Å². The first-order chi connectivity index (χ1) is 11.1. The normalized spacial score (nSPS) is 19.7. The van der Waals surface area contributed by atoms with Crippen molar-refractivity contribution in [2.75, 3.05) is 5.32 Å². The third kappa shape index (κ3) is 2.42. The van der Waals surface area contributed by atoms with Gasteiger partial charge in [0.1, 0.15) is 5.69 Å². The summed E-state index contributed by atoms with van der Waals surface area (Å²) in [6.07, 6.45) is 4.45. The number of aromatic nitrogens is 3. The minimum atomic E-state index is -0.299. The third-order valence-corrected chi connectivity index (χ3v) is 4.35. The molecule has 0 spiro atoms. The number of hydrogen-bond acceptors (Lipinski definition) is 3. The molecule has 0 saturated heterocycles. The Balaban J connectivity index is 1.62. The molecule has 1 saturated carbocycles. The van der Waals surface area contributed by atoms with Gasteiger partial charge in [-0.25, -0.2) is 0 Å². The quantitative estimate of drug-likeness (QED) is 0.780. The molecule has 2 aromatic heterocycles. The van der Waals surface area contributed by atoms with Crippen LogP contribution in [0.2, 0.25) is 0 Å². The Hall–Kier alpha value is -2.89. The number of fused-ring (bicyclic) bond motifs is 1. The molecule has 1 aliphatic rings. The number of carbonyl (C=O) groups is 1. The van der Waals surface area contributed by atoms with E-state index in [1.165, 1.54) is 0 Å². The topological polar surface area (TPSA) is 79.8 Å². The summed E-state index contributed by atoms with van der Waals surface area (Å²) in [4.78, 5) is 24.9. The van der Waals surface area contributed by atoms with Gasteiger partial charge in [0, 0.05) is 23.2 Å². The molecule has 1 aromatic carbocycles. The molecule has 1 aliphatic carbocycles. The smallest absolute Gasteiger partial charge is 0.274 e. The van der Waals surface area contributed by atoms with Crippen LogP contribution in [0.4, 0.5) is 5.69 Å². The van der Waals surface area contributed by atoms with Gasteiger partial charge in [0.2, 0.25) is 0 Å². The Morgan fingerprint density at radius 2 is 2.22 bits per heavy atom. The fraction of sp³-hybridized carbons (Fsp3) is 0.235. The molecule has 4 rings (SSSR count). The van der Waals surface area contributed by atoms with Gasteiger partial charge in [-0.3, -0.25) is 14.7 Å². The molecule has 0 radical (unpaired) electrons. The van der Waals surface area contributed by atoms with Crippen LogP contribution in [0.15, 0.2) is 47.5 Å². The van der Waals surface area contributed by atoms with Crippen LogP contribution < -0.4 is 10.9 Å². The minimum absolute atomic E-state index is 0.153. The molecule has 2 N–H and O–H groups in total. The van der Waals surface area contributed by atoms with Gasteiger partial charge in [0.15, 0.2) is 0 Å². The van der Waals surface area contributed by atoms with E-state index >= 15 is 0 Å². The Labute approximate surface area is 132 Å². The molecule has 2 unspecified atom stereocenters. The first-order valence-electron chi connectivity index (χ1n) is 7.59. The summed E-state index contributed by atoms with van der Waals surface area (Å²) in [5, 5.41) is 10.4. The highest BCUT2D eigenvalue weighted by atomic mass is 16.2. The molecule has 23 heavy (non-hydrogen) atoms. The van der Waals surface area contributed by atoms with Crippen LogP contribution in [0, 0.1) is 5.92 Å². The maximum Gasteiger partial charge on any atom is 0.274 e. The summed E-state index contributed by atoms with van der Waals surface area (Å²) in [5.74, 6) is 0.217.